The molecule has 4 nitrogen and oxygen atoms in total. The Morgan fingerprint density at radius 2 is 1.70 bits per heavy atom. The molecule has 0 aliphatic carbocycles. The lowest BCUT2D eigenvalue weighted by Gasteiger charge is -2.28. The zero-order valence-electron chi connectivity index (χ0n) is 13.0. The number of aryl methyl sites for hydroxylation is 1. The maximum atomic E-state index is 13.0. The van der Waals surface area contributed by atoms with E-state index in [2.05, 4.69) is 0 Å². The monoisotopic (exact) mass is 329 g/mol. The van der Waals surface area contributed by atoms with Gasteiger partial charge in [0.2, 0.25) is 0 Å². The van der Waals surface area contributed by atoms with Gasteiger partial charge in [0.15, 0.2) is 9.84 Å². The Hall–Kier alpha value is -2.14. The van der Waals surface area contributed by atoms with Gasteiger partial charge in [-0.2, -0.15) is 0 Å². The molecule has 2 aromatic rings. The fourth-order valence-corrected chi connectivity index (χ4v) is 4.60. The van der Waals surface area contributed by atoms with Crippen LogP contribution in [0.25, 0.3) is 0 Å². The molecule has 1 amide bonds. The molecule has 0 spiro atoms. The first kappa shape index (κ1) is 15.7. The minimum absolute atomic E-state index is 0.0272. The standard InChI is InChI=1S/C18H19NO3S/c1-14-7-9-16(10-8-14)19(17-11-12-23(21,22)13-17)18(20)15-5-3-2-4-6-15/h2-10,17H,11-13H2,1H3/t17-/m1/s1. The van der Waals surface area contributed by atoms with E-state index >= 15 is 0 Å². The summed E-state index contributed by atoms with van der Waals surface area (Å²) in [5.41, 5.74) is 2.41. The van der Waals surface area contributed by atoms with E-state index in [1.165, 1.54) is 0 Å². The summed E-state index contributed by atoms with van der Waals surface area (Å²) in [5.74, 6) is 0.0122. The third kappa shape index (κ3) is 3.45. The van der Waals surface area contributed by atoms with Crippen molar-refractivity contribution in [3.8, 4) is 0 Å². The Morgan fingerprint density at radius 3 is 2.26 bits per heavy atom. The molecule has 1 aliphatic heterocycles. The zero-order valence-corrected chi connectivity index (χ0v) is 13.8. The third-order valence-electron chi connectivity index (χ3n) is 4.13. The average Bonchev–Trinajstić information content (AvgIpc) is 2.90. The molecule has 23 heavy (non-hydrogen) atoms. The smallest absolute Gasteiger partial charge is 0.258 e. The molecule has 1 fully saturated rings. The largest absolute Gasteiger partial charge is 0.304 e. The van der Waals surface area contributed by atoms with Crippen LogP contribution in [0.4, 0.5) is 5.69 Å². The number of benzene rings is 2. The number of sulfone groups is 1. The van der Waals surface area contributed by atoms with Crippen LogP contribution in [0.1, 0.15) is 22.3 Å². The highest BCUT2D eigenvalue weighted by Crippen LogP contribution is 2.26. The lowest BCUT2D eigenvalue weighted by atomic mass is 10.1. The average molecular weight is 329 g/mol. The van der Waals surface area contributed by atoms with E-state index in [0.29, 0.717) is 12.0 Å². The maximum absolute atomic E-state index is 13.0. The number of anilines is 1. The first-order valence-corrected chi connectivity index (χ1v) is 9.44. The van der Waals surface area contributed by atoms with Gasteiger partial charge >= 0.3 is 0 Å². The predicted octanol–water partition coefficient (Wildman–Crippen LogP) is 2.83. The molecule has 1 aliphatic rings. The molecule has 0 radical (unpaired) electrons. The predicted molar refractivity (Wildman–Crippen MR) is 91.5 cm³/mol. The summed E-state index contributed by atoms with van der Waals surface area (Å²) in [5, 5.41) is 0. The molecule has 120 valence electrons. The van der Waals surface area contributed by atoms with Crippen molar-refractivity contribution in [2.24, 2.45) is 0 Å². The third-order valence-corrected chi connectivity index (χ3v) is 5.88. The Bertz CT molecular complexity index is 798. The van der Waals surface area contributed by atoms with Crippen LogP contribution < -0.4 is 4.90 Å². The molecule has 1 atom stereocenters. The van der Waals surface area contributed by atoms with Crippen molar-refractivity contribution in [3.05, 3.63) is 65.7 Å². The van der Waals surface area contributed by atoms with Gasteiger partial charge in [-0.1, -0.05) is 35.9 Å². The second-order valence-corrected chi connectivity index (χ2v) is 8.16. The Balaban J connectivity index is 2.00. The van der Waals surface area contributed by atoms with E-state index in [1.54, 1.807) is 17.0 Å². The molecule has 2 aromatic carbocycles. The summed E-state index contributed by atoms with van der Waals surface area (Å²) in [6.07, 6.45) is 0.481. The van der Waals surface area contributed by atoms with Crippen molar-refractivity contribution < 1.29 is 13.2 Å². The van der Waals surface area contributed by atoms with Crippen LogP contribution in [0.5, 0.6) is 0 Å². The van der Waals surface area contributed by atoms with Gasteiger partial charge in [0.05, 0.1) is 17.5 Å². The number of amides is 1. The molecule has 1 heterocycles. The van der Waals surface area contributed by atoms with Crippen LogP contribution in [0.2, 0.25) is 0 Å². The van der Waals surface area contributed by atoms with Crippen LogP contribution in [0.15, 0.2) is 54.6 Å². The number of hydrogen-bond acceptors (Lipinski definition) is 3. The molecule has 0 unspecified atom stereocenters. The van der Waals surface area contributed by atoms with E-state index in [-0.39, 0.29) is 23.5 Å². The summed E-state index contributed by atoms with van der Waals surface area (Å²) in [6, 6.07) is 16.3. The van der Waals surface area contributed by atoms with E-state index < -0.39 is 9.84 Å². The molecule has 0 saturated carbocycles. The summed E-state index contributed by atoms with van der Waals surface area (Å²) >= 11 is 0. The fraction of sp³-hybridized carbons (Fsp3) is 0.278. The lowest BCUT2D eigenvalue weighted by molar-refractivity contribution is 0.0979. The first-order valence-electron chi connectivity index (χ1n) is 7.62. The SMILES string of the molecule is Cc1ccc(N(C(=O)c2ccccc2)[C@@H]2CCS(=O)(=O)C2)cc1. The minimum atomic E-state index is -3.07. The number of rotatable bonds is 3. The first-order chi connectivity index (χ1) is 11.0. The van der Waals surface area contributed by atoms with Crippen molar-refractivity contribution in [2.45, 2.75) is 19.4 Å². The van der Waals surface area contributed by atoms with Gasteiger partial charge in [0, 0.05) is 11.3 Å². The van der Waals surface area contributed by atoms with Crippen LogP contribution >= 0.6 is 0 Å². The molecular weight excluding hydrogens is 310 g/mol. The molecule has 0 aromatic heterocycles. The van der Waals surface area contributed by atoms with Crippen LogP contribution in [-0.2, 0) is 9.84 Å². The van der Waals surface area contributed by atoms with Gasteiger partial charge in [0.1, 0.15) is 0 Å². The van der Waals surface area contributed by atoms with Crippen molar-refractivity contribution in [1.29, 1.82) is 0 Å². The lowest BCUT2D eigenvalue weighted by Crippen LogP contribution is -2.41. The Morgan fingerprint density at radius 1 is 1.04 bits per heavy atom. The highest BCUT2D eigenvalue weighted by atomic mass is 32.2. The van der Waals surface area contributed by atoms with Crippen molar-refractivity contribution in [1.82, 2.24) is 0 Å². The summed E-state index contributed by atoms with van der Waals surface area (Å²) in [4.78, 5) is 14.6. The van der Waals surface area contributed by atoms with Crippen LogP contribution in [0.3, 0.4) is 0 Å². The number of nitrogens with zero attached hydrogens (tertiary/aromatic N) is 1. The van der Waals surface area contributed by atoms with Crippen molar-refractivity contribution in [3.63, 3.8) is 0 Å². The number of carbonyl (C=O) groups is 1. The summed E-state index contributed by atoms with van der Waals surface area (Å²) in [6.45, 7) is 1.98. The Labute approximate surface area is 136 Å². The van der Waals surface area contributed by atoms with Crippen LogP contribution in [0, 0.1) is 6.92 Å². The number of hydrogen-bond donors (Lipinski definition) is 0. The summed E-state index contributed by atoms with van der Waals surface area (Å²) in [7, 11) is -3.07. The second kappa shape index (κ2) is 6.16. The quantitative estimate of drug-likeness (QED) is 0.870. The van der Waals surface area contributed by atoms with E-state index in [1.807, 2.05) is 49.4 Å². The fourth-order valence-electron chi connectivity index (χ4n) is 2.90. The van der Waals surface area contributed by atoms with Crippen molar-refractivity contribution in [2.75, 3.05) is 16.4 Å². The van der Waals surface area contributed by atoms with Gasteiger partial charge in [0.25, 0.3) is 5.91 Å². The normalized spacial score (nSPS) is 19.4. The molecule has 3 rings (SSSR count). The maximum Gasteiger partial charge on any atom is 0.258 e. The highest BCUT2D eigenvalue weighted by molar-refractivity contribution is 7.91. The van der Waals surface area contributed by atoms with E-state index in [9.17, 15) is 13.2 Å². The molecule has 1 saturated heterocycles. The van der Waals surface area contributed by atoms with Gasteiger partial charge < -0.3 is 4.90 Å². The number of carbonyl (C=O) groups excluding carboxylic acids is 1. The van der Waals surface area contributed by atoms with Gasteiger partial charge in [-0.05, 0) is 37.6 Å². The zero-order chi connectivity index (χ0) is 16.4. The Kier molecular flexibility index (Phi) is 4.22. The highest BCUT2D eigenvalue weighted by Gasteiger charge is 2.35. The minimum Gasteiger partial charge on any atom is -0.304 e. The van der Waals surface area contributed by atoms with E-state index in [0.717, 1.165) is 11.3 Å². The van der Waals surface area contributed by atoms with Gasteiger partial charge in [-0.15, -0.1) is 0 Å². The van der Waals surface area contributed by atoms with Gasteiger partial charge in [-0.25, -0.2) is 8.42 Å². The molecular formula is C18H19NO3S. The summed E-state index contributed by atoms with van der Waals surface area (Å²) < 4.78 is 23.7. The molecule has 0 bridgehead atoms. The van der Waals surface area contributed by atoms with Gasteiger partial charge in [-0.3, -0.25) is 4.79 Å². The second-order valence-electron chi connectivity index (χ2n) is 5.93. The molecule has 5 heteroatoms. The molecule has 0 N–H and O–H groups in total. The van der Waals surface area contributed by atoms with Crippen LogP contribution in [-0.4, -0.2) is 31.9 Å². The van der Waals surface area contributed by atoms with Crippen molar-refractivity contribution >= 4 is 21.4 Å². The van der Waals surface area contributed by atoms with E-state index in [4.69, 9.17) is 0 Å². The topological polar surface area (TPSA) is 54.5 Å².